The zero-order valence-corrected chi connectivity index (χ0v) is 13.9. The lowest BCUT2D eigenvalue weighted by atomic mass is 9.93. The largest absolute Gasteiger partial charge is 0.298 e. The average Bonchev–Trinajstić information content (AvgIpc) is 3.10. The van der Waals surface area contributed by atoms with Gasteiger partial charge < -0.3 is 0 Å². The van der Waals surface area contributed by atoms with Gasteiger partial charge in [0.25, 0.3) is 5.91 Å². The maximum atomic E-state index is 12.5. The van der Waals surface area contributed by atoms with Gasteiger partial charge in [-0.25, -0.2) is 4.98 Å². The summed E-state index contributed by atoms with van der Waals surface area (Å²) in [5.41, 5.74) is 2.45. The molecule has 1 aliphatic carbocycles. The number of nitrogens with one attached hydrogen (secondary N) is 1. The van der Waals surface area contributed by atoms with Gasteiger partial charge in [0, 0.05) is 11.1 Å². The van der Waals surface area contributed by atoms with E-state index in [1.165, 1.54) is 11.3 Å². The maximum absolute atomic E-state index is 12.5. The Hall–Kier alpha value is -2.28. The first-order chi connectivity index (χ1) is 11.1. The van der Waals surface area contributed by atoms with Crippen LogP contribution < -0.4 is 5.32 Å². The number of pyridine rings is 1. The van der Waals surface area contributed by atoms with Gasteiger partial charge >= 0.3 is 0 Å². The molecule has 0 unspecified atom stereocenters. The van der Waals surface area contributed by atoms with Crippen molar-refractivity contribution >= 4 is 28.0 Å². The van der Waals surface area contributed by atoms with Crippen molar-refractivity contribution in [2.75, 3.05) is 5.32 Å². The van der Waals surface area contributed by atoms with Crippen LogP contribution in [0.1, 0.15) is 40.1 Å². The standard InChI is InChI=1S/C16H17N5OS/c1-9-3-5-12-13(7-9)23-16(17-12)18-15(22)11-4-6-14-20-19-10(2)21(14)8-11/h4,6,8-9H,3,5,7H2,1-2H3,(H,17,18,22)/t9-/m1/s1. The molecule has 0 saturated carbocycles. The molecule has 0 fully saturated rings. The first-order valence-electron chi connectivity index (χ1n) is 7.71. The summed E-state index contributed by atoms with van der Waals surface area (Å²) in [5, 5.41) is 11.6. The first kappa shape index (κ1) is 14.3. The SMILES string of the molecule is Cc1nnc2ccc(C(=O)Nc3nc4c(s3)C[C@H](C)CC4)cn12. The van der Waals surface area contributed by atoms with E-state index in [0.717, 1.165) is 30.0 Å². The number of hydrogen-bond acceptors (Lipinski definition) is 5. The van der Waals surface area contributed by atoms with Gasteiger partial charge in [0.05, 0.1) is 11.3 Å². The van der Waals surface area contributed by atoms with Crippen molar-refractivity contribution in [3.8, 4) is 0 Å². The van der Waals surface area contributed by atoms with E-state index in [-0.39, 0.29) is 5.91 Å². The van der Waals surface area contributed by atoms with Crippen LogP contribution in [0.3, 0.4) is 0 Å². The summed E-state index contributed by atoms with van der Waals surface area (Å²) in [6.07, 6.45) is 5.01. The fraction of sp³-hybridized carbons (Fsp3) is 0.375. The maximum Gasteiger partial charge on any atom is 0.258 e. The molecular weight excluding hydrogens is 310 g/mol. The molecule has 23 heavy (non-hydrogen) atoms. The molecule has 1 amide bonds. The number of hydrogen-bond donors (Lipinski definition) is 1. The number of thiazole rings is 1. The molecule has 0 saturated heterocycles. The summed E-state index contributed by atoms with van der Waals surface area (Å²) >= 11 is 1.60. The molecule has 0 aromatic carbocycles. The molecule has 3 aromatic heterocycles. The van der Waals surface area contributed by atoms with Gasteiger partial charge in [-0.05, 0) is 44.2 Å². The quantitative estimate of drug-likeness (QED) is 0.785. The predicted molar refractivity (Wildman–Crippen MR) is 89.0 cm³/mol. The molecule has 0 radical (unpaired) electrons. The van der Waals surface area contributed by atoms with Gasteiger partial charge in [0.2, 0.25) is 0 Å². The fourth-order valence-corrected chi connectivity index (χ4v) is 4.07. The number of aryl methyl sites for hydroxylation is 2. The molecular formula is C16H17N5OS. The normalized spacial score (nSPS) is 17.2. The zero-order valence-electron chi connectivity index (χ0n) is 13.0. The Morgan fingerprint density at radius 3 is 3.13 bits per heavy atom. The average molecular weight is 327 g/mol. The zero-order chi connectivity index (χ0) is 16.0. The van der Waals surface area contributed by atoms with Crippen molar-refractivity contribution in [1.29, 1.82) is 0 Å². The number of anilines is 1. The van der Waals surface area contributed by atoms with Crippen LogP contribution in [0.4, 0.5) is 5.13 Å². The monoisotopic (exact) mass is 327 g/mol. The number of amides is 1. The minimum absolute atomic E-state index is 0.154. The Balaban J connectivity index is 1.58. The number of aromatic nitrogens is 4. The summed E-state index contributed by atoms with van der Waals surface area (Å²) in [4.78, 5) is 18.4. The molecule has 118 valence electrons. The third-order valence-electron chi connectivity index (χ3n) is 4.24. The molecule has 7 heteroatoms. The highest BCUT2D eigenvalue weighted by molar-refractivity contribution is 7.15. The Labute approximate surface area is 137 Å². The highest BCUT2D eigenvalue weighted by Crippen LogP contribution is 2.32. The molecule has 3 aromatic rings. The van der Waals surface area contributed by atoms with E-state index in [4.69, 9.17) is 0 Å². The van der Waals surface area contributed by atoms with Crippen LogP contribution in [0.15, 0.2) is 18.3 Å². The minimum Gasteiger partial charge on any atom is -0.298 e. The van der Waals surface area contributed by atoms with E-state index in [2.05, 4.69) is 27.4 Å². The summed E-state index contributed by atoms with van der Waals surface area (Å²) in [5.74, 6) is 1.30. The van der Waals surface area contributed by atoms with Crippen molar-refractivity contribution in [3.63, 3.8) is 0 Å². The van der Waals surface area contributed by atoms with E-state index in [1.54, 1.807) is 29.7 Å². The van der Waals surface area contributed by atoms with Gasteiger partial charge in [0.15, 0.2) is 10.8 Å². The van der Waals surface area contributed by atoms with Crippen molar-refractivity contribution in [3.05, 3.63) is 40.3 Å². The lowest BCUT2D eigenvalue weighted by Gasteiger charge is -2.15. The molecule has 3 heterocycles. The first-order valence-corrected chi connectivity index (χ1v) is 8.53. The van der Waals surface area contributed by atoms with E-state index >= 15 is 0 Å². The number of fused-ring (bicyclic) bond motifs is 2. The second-order valence-corrected chi connectivity index (χ2v) is 7.17. The number of rotatable bonds is 2. The van der Waals surface area contributed by atoms with E-state index in [9.17, 15) is 4.79 Å². The van der Waals surface area contributed by atoms with E-state index < -0.39 is 0 Å². The van der Waals surface area contributed by atoms with Crippen molar-refractivity contribution in [2.45, 2.75) is 33.1 Å². The van der Waals surface area contributed by atoms with E-state index in [1.807, 2.05) is 11.3 Å². The van der Waals surface area contributed by atoms with Crippen LogP contribution >= 0.6 is 11.3 Å². The van der Waals surface area contributed by atoms with Crippen molar-refractivity contribution < 1.29 is 4.79 Å². The summed E-state index contributed by atoms with van der Waals surface area (Å²) in [6.45, 7) is 4.12. The van der Waals surface area contributed by atoms with Gasteiger partial charge in [-0.1, -0.05) is 6.92 Å². The van der Waals surface area contributed by atoms with Crippen molar-refractivity contribution in [1.82, 2.24) is 19.6 Å². The Morgan fingerprint density at radius 2 is 2.26 bits per heavy atom. The third-order valence-corrected chi connectivity index (χ3v) is 5.28. The van der Waals surface area contributed by atoms with Crippen LogP contribution in [-0.2, 0) is 12.8 Å². The highest BCUT2D eigenvalue weighted by Gasteiger charge is 2.20. The second-order valence-electron chi connectivity index (χ2n) is 6.08. The molecule has 1 N–H and O–H groups in total. The van der Waals surface area contributed by atoms with Crippen molar-refractivity contribution in [2.24, 2.45) is 5.92 Å². The van der Waals surface area contributed by atoms with Gasteiger partial charge in [-0.15, -0.1) is 21.5 Å². The Kier molecular flexibility index (Phi) is 3.37. The van der Waals surface area contributed by atoms with E-state index in [0.29, 0.717) is 16.6 Å². The summed E-state index contributed by atoms with van der Waals surface area (Å²) in [6, 6.07) is 3.55. The molecule has 1 aliphatic rings. The lowest BCUT2D eigenvalue weighted by Crippen LogP contribution is -2.13. The highest BCUT2D eigenvalue weighted by atomic mass is 32.1. The molecule has 0 bridgehead atoms. The predicted octanol–water partition coefficient (Wildman–Crippen LogP) is 2.87. The molecule has 1 atom stereocenters. The van der Waals surface area contributed by atoms with Crippen LogP contribution in [-0.4, -0.2) is 25.5 Å². The topological polar surface area (TPSA) is 72.2 Å². The third kappa shape index (κ3) is 2.61. The Bertz CT molecular complexity index is 897. The fourth-order valence-electron chi connectivity index (χ4n) is 2.90. The van der Waals surface area contributed by atoms with Gasteiger partial charge in [0.1, 0.15) is 5.82 Å². The van der Waals surface area contributed by atoms with Gasteiger partial charge in [-0.3, -0.25) is 14.5 Å². The lowest BCUT2D eigenvalue weighted by molar-refractivity contribution is 0.102. The summed E-state index contributed by atoms with van der Waals surface area (Å²) in [7, 11) is 0. The number of carbonyl (C=O) groups is 1. The molecule has 0 spiro atoms. The smallest absolute Gasteiger partial charge is 0.258 e. The van der Waals surface area contributed by atoms with Crippen LogP contribution in [0.2, 0.25) is 0 Å². The minimum atomic E-state index is -0.154. The number of nitrogens with zero attached hydrogens (tertiary/aromatic N) is 4. The summed E-state index contributed by atoms with van der Waals surface area (Å²) < 4.78 is 1.81. The molecule has 0 aliphatic heterocycles. The van der Waals surface area contributed by atoms with Gasteiger partial charge in [-0.2, -0.15) is 0 Å². The van der Waals surface area contributed by atoms with Crippen LogP contribution in [0.5, 0.6) is 0 Å². The molecule has 6 nitrogen and oxygen atoms in total. The Morgan fingerprint density at radius 1 is 1.39 bits per heavy atom. The second kappa shape index (κ2) is 5.42. The number of carbonyl (C=O) groups excluding carboxylic acids is 1. The van der Waals surface area contributed by atoms with Crippen LogP contribution in [0.25, 0.3) is 5.65 Å². The molecule has 4 rings (SSSR count). The van der Waals surface area contributed by atoms with Crippen LogP contribution in [0, 0.1) is 12.8 Å².